The van der Waals surface area contributed by atoms with Gasteiger partial charge < -0.3 is 10.5 Å². The molecule has 0 aromatic carbocycles. The number of nitrogens with two attached hydrogens (primary N) is 1. The van der Waals surface area contributed by atoms with E-state index in [1.165, 1.54) is 0 Å². The first-order chi connectivity index (χ1) is 4.20. The van der Waals surface area contributed by atoms with E-state index >= 15 is 0 Å². The Morgan fingerprint density at radius 3 is 2.78 bits per heavy atom. The molecule has 1 saturated heterocycles. The summed E-state index contributed by atoms with van der Waals surface area (Å²) in [6.07, 6.45) is 1.29. The summed E-state index contributed by atoms with van der Waals surface area (Å²) < 4.78 is 4.86. The third kappa shape index (κ3) is 1.42. The number of hydrogen-bond acceptors (Lipinski definition) is 3. The maximum absolute atomic E-state index is 10.5. The van der Waals surface area contributed by atoms with Crippen LogP contribution in [0.2, 0.25) is 0 Å². The molecular weight excluding hydrogens is 118 g/mol. The van der Waals surface area contributed by atoms with Gasteiger partial charge in [0.15, 0.2) is 0 Å². The fourth-order valence-electron chi connectivity index (χ4n) is 0.917. The second-order valence-electron chi connectivity index (χ2n) is 2.43. The van der Waals surface area contributed by atoms with Gasteiger partial charge in [-0.2, -0.15) is 0 Å². The molecule has 2 N–H and O–H groups in total. The third-order valence-electron chi connectivity index (χ3n) is 1.50. The lowest BCUT2D eigenvalue weighted by molar-refractivity contribution is -0.141. The number of carbonyl (C=O) groups is 1. The summed E-state index contributed by atoms with van der Waals surface area (Å²) in [5, 5.41) is 0. The second-order valence-corrected chi connectivity index (χ2v) is 2.43. The van der Waals surface area contributed by atoms with E-state index in [1.54, 1.807) is 0 Å². The van der Waals surface area contributed by atoms with Gasteiger partial charge in [0.1, 0.15) is 6.10 Å². The highest BCUT2D eigenvalue weighted by atomic mass is 16.5. The molecule has 1 aliphatic heterocycles. The summed E-state index contributed by atoms with van der Waals surface area (Å²) >= 11 is 0. The second kappa shape index (κ2) is 2.35. The Balaban J connectivity index is 2.39. The van der Waals surface area contributed by atoms with Gasteiger partial charge in [-0.25, -0.2) is 0 Å². The number of esters is 1. The van der Waals surface area contributed by atoms with E-state index in [2.05, 4.69) is 0 Å². The minimum absolute atomic E-state index is 0.0172. The van der Waals surface area contributed by atoms with Gasteiger partial charge >= 0.3 is 5.97 Å². The predicted octanol–water partition coefficient (Wildman–Crippen LogP) is 0.0392. The fourth-order valence-corrected chi connectivity index (χ4v) is 0.917. The van der Waals surface area contributed by atoms with Gasteiger partial charge in [0.05, 0.1) is 0 Å². The van der Waals surface area contributed by atoms with Gasteiger partial charge in [-0.05, 0) is 13.3 Å². The predicted molar refractivity (Wildman–Crippen MR) is 32.8 cm³/mol. The van der Waals surface area contributed by atoms with Gasteiger partial charge in [0.2, 0.25) is 0 Å². The molecule has 0 bridgehead atoms. The van der Waals surface area contributed by atoms with Gasteiger partial charge in [0, 0.05) is 12.5 Å². The number of rotatable bonds is 1. The molecule has 3 nitrogen and oxygen atoms in total. The number of ether oxygens (including phenoxy) is 1. The molecule has 2 atom stereocenters. The van der Waals surface area contributed by atoms with Crippen molar-refractivity contribution in [2.45, 2.75) is 31.9 Å². The van der Waals surface area contributed by atoms with Crippen molar-refractivity contribution in [2.24, 2.45) is 5.73 Å². The zero-order valence-corrected chi connectivity index (χ0v) is 5.46. The van der Waals surface area contributed by atoms with Crippen molar-refractivity contribution in [3.05, 3.63) is 0 Å². The Kier molecular flexibility index (Phi) is 1.71. The summed E-state index contributed by atoms with van der Waals surface area (Å²) in [7, 11) is 0. The molecule has 52 valence electrons. The Bertz CT molecular complexity index is 122. The van der Waals surface area contributed by atoms with Gasteiger partial charge in [0.25, 0.3) is 0 Å². The van der Waals surface area contributed by atoms with Crippen molar-refractivity contribution in [1.29, 1.82) is 0 Å². The molecular formula is C6H11NO2. The molecule has 0 unspecified atom stereocenters. The summed E-state index contributed by atoms with van der Waals surface area (Å²) in [6, 6.07) is -0.0172. The zero-order chi connectivity index (χ0) is 6.85. The molecule has 3 heteroatoms. The van der Waals surface area contributed by atoms with E-state index in [0.29, 0.717) is 6.42 Å². The first-order valence-corrected chi connectivity index (χ1v) is 3.15. The van der Waals surface area contributed by atoms with Crippen LogP contribution in [0.4, 0.5) is 0 Å². The molecule has 0 aliphatic carbocycles. The lowest BCUT2D eigenvalue weighted by Crippen LogP contribution is -2.30. The summed E-state index contributed by atoms with van der Waals surface area (Å²) in [6.45, 7) is 1.85. The Labute approximate surface area is 54.2 Å². The van der Waals surface area contributed by atoms with E-state index in [-0.39, 0.29) is 18.1 Å². The first-order valence-electron chi connectivity index (χ1n) is 3.15. The summed E-state index contributed by atoms with van der Waals surface area (Å²) in [4.78, 5) is 10.5. The molecule has 1 fully saturated rings. The Hall–Kier alpha value is -0.570. The molecule has 1 rings (SSSR count). The monoisotopic (exact) mass is 129 g/mol. The lowest BCUT2D eigenvalue weighted by Gasteiger charge is -2.11. The molecule has 0 radical (unpaired) electrons. The quantitative estimate of drug-likeness (QED) is 0.508. The van der Waals surface area contributed by atoms with Crippen LogP contribution in [-0.4, -0.2) is 18.1 Å². The molecule has 0 amide bonds. The van der Waals surface area contributed by atoms with E-state index in [9.17, 15) is 4.79 Å². The van der Waals surface area contributed by atoms with Crippen molar-refractivity contribution in [3.63, 3.8) is 0 Å². The largest absolute Gasteiger partial charge is 0.461 e. The van der Waals surface area contributed by atoms with Gasteiger partial charge in [-0.3, -0.25) is 4.79 Å². The molecule has 0 saturated carbocycles. The molecule has 1 aliphatic rings. The van der Waals surface area contributed by atoms with Crippen LogP contribution in [0.5, 0.6) is 0 Å². The van der Waals surface area contributed by atoms with Crippen LogP contribution in [0.25, 0.3) is 0 Å². The highest BCUT2D eigenvalue weighted by Crippen LogP contribution is 2.15. The fraction of sp³-hybridized carbons (Fsp3) is 0.833. The highest BCUT2D eigenvalue weighted by molar-refractivity contribution is 5.71. The van der Waals surface area contributed by atoms with Crippen molar-refractivity contribution in [3.8, 4) is 0 Å². The third-order valence-corrected chi connectivity index (χ3v) is 1.50. The topological polar surface area (TPSA) is 52.3 Å². The SMILES string of the molecule is C[C@@H](N)[C@H]1CCC(=O)O1. The minimum Gasteiger partial charge on any atom is -0.461 e. The van der Waals surface area contributed by atoms with Crippen molar-refractivity contribution < 1.29 is 9.53 Å². The molecule has 9 heavy (non-hydrogen) atoms. The Morgan fingerprint density at radius 1 is 1.89 bits per heavy atom. The molecule has 0 spiro atoms. The normalized spacial score (nSPS) is 30.0. The van der Waals surface area contributed by atoms with E-state index in [0.717, 1.165) is 6.42 Å². The maximum Gasteiger partial charge on any atom is 0.306 e. The van der Waals surface area contributed by atoms with Crippen LogP contribution in [0.3, 0.4) is 0 Å². The van der Waals surface area contributed by atoms with E-state index in [4.69, 9.17) is 10.5 Å². The van der Waals surface area contributed by atoms with Crippen LogP contribution in [0.1, 0.15) is 19.8 Å². The van der Waals surface area contributed by atoms with E-state index in [1.807, 2.05) is 6.92 Å². The standard InChI is InChI=1S/C6H11NO2/c1-4(7)5-2-3-6(8)9-5/h4-5H,2-3,7H2,1H3/t4-,5-/m1/s1. The van der Waals surface area contributed by atoms with Crippen LogP contribution in [0, 0.1) is 0 Å². The van der Waals surface area contributed by atoms with Gasteiger partial charge in [-0.1, -0.05) is 0 Å². The zero-order valence-electron chi connectivity index (χ0n) is 5.46. The molecule has 1 heterocycles. The number of hydrogen-bond donors (Lipinski definition) is 1. The van der Waals surface area contributed by atoms with Crippen LogP contribution in [-0.2, 0) is 9.53 Å². The average molecular weight is 129 g/mol. The smallest absolute Gasteiger partial charge is 0.306 e. The number of carbonyl (C=O) groups excluding carboxylic acids is 1. The van der Waals surface area contributed by atoms with Crippen molar-refractivity contribution in [2.75, 3.05) is 0 Å². The van der Waals surface area contributed by atoms with Crippen LogP contribution in [0.15, 0.2) is 0 Å². The Morgan fingerprint density at radius 2 is 2.56 bits per heavy atom. The van der Waals surface area contributed by atoms with Gasteiger partial charge in [-0.15, -0.1) is 0 Å². The van der Waals surface area contributed by atoms with E-state index < -0.39 is 0 Å². The molecule has 0 aromatic heterocycles. The summed E-state index contributed by atoms with van der Waals surface area (Å²) in [5.74, 6) is -0.114. The minimum atomic E-state index is -0.114. The maximum atomic E-state index is 10.5. The van der Waals surface area contributed by atoms with Crippen LogP contribution >= 0.6 is 0 Å². The average Bonchev–Trinajstić information content (AvgIpc) is 2.14. The van der Waals surface area contributed by atoms with Crippen molar-refractivity contribution >= 4 is 5.97 Å². The highest BCUT2D eigenvalue weighted by Gasteiger charge is 2.25. The summed E-state index contributed by atoms with van der Waals surface area (Å²) in [5.41, 5.74) is 5.48. The first kappa shape index (κ1) is 6.55. The molecule has 0 aromatic rings. The van der Waals surface area contributed by atoms with Crippen molar-refractivity contribution in [1.82, 2.24) is 0 Å². The van der Waals surface area contributed by atoms with Crippen LogP contribution < -0.4 is 5.73 Å². The lowest BCUT2D eigenvalue weighted by atomic mass is 10.1. The number of cyclic esters (lactones) is 1.